The summed E-state index contributed by atoms with van der Waals surface area (Å²) in [6.07, 6.45) is 1.68. The number of aliphatic hydroxyl groups excluding tert-OH is 1. The molecule has 0 aromatic heterocycles. The summed E-state index contributed by atoms with van der Waals surface area (Å²) in [6, 6.07) is 9.88. The third kappa shape index (κ3) is 1.27. The Labute approximate surface area is 77.2 Å². The van der Waals surface area contributed by atoms with Gasteiger partial charge in [-0.2, -0.15) is 0 Å². The lowest BCUT2D eigenvalue weighted by Gasteiger charge is -2.04. The zero-order chi connectivity index (χ0) is 9.31. The fraction of sp³-hybridized carbons (Fsp3) is 0.364. The van der Waals surface area contributed by atoms with Gasteiger partial charge in [-0.1, -0.05) is 30.3 Å². The zero-order valence-electron chi connectivity index (χ0n) is 7.31. The van der Waals surface area contributed by atoms with E-state index in [1.165, 1.54) is 0 Å². The van der Waals surface area contributed by atoms with E-state index in [0.29, 0.717) is 0 Å². The molecular weight excluding hydrogens is 164 g/mol. The molecule has 0 amide bonds. The Kier molecular flexibility index (Phi) is 1.93. The first-order valence-electron chi connectivity index (χ1n) is 4.44. The molecule has 1 aliphatic carbocycles. The van der Waals surface area contributed by atoms with E-state index < -0.39 is 5.41 Å². The third-order valence-electron chi connectivity index (χ3n) is 2.85. The van der Waals surface area contributed by atoms with Gasteiger partial charge in [0.25, 0.3) is 0 Å². The summed E-state index contributed by atoms with van der Waals surface area (Å²) in [5.41, 5.74) is 0.685. The zero-order valence-corrected chi connectivity index (χ0v) is 7.31. The van der Waals surface area contributed by atoms with Gasteiger partial charge in [-0.3, -0.25) is 0 Å². The highest BCUT2D eigenvalue weighted by Crippen LogP contribution is 2.57. The number of rotatable bonds is 3. The number of hydrogen-bond donors (Lipinski definition) is 1. The van der Waals surface area contributed by atoms with Crippen LogP contribution in [0, 0.1) is 5.41 Å². The molecule has 0 aliphatic heterocycles. The summed E-state index contributed by atoms with van der Waals surface area (Å²) in [5, 5.41) is 9.06. The molecule has 2 rings (SSSR count). The van der Waals surface area contributed by atoms with Crippen molar-refractivity contribution >= 4 is 6.29 Å². The van der Waals surface area contributed by atoms with Crippen molar-refractivity contribution in [3.8, 4) is 0 Å². The van der Waals surface area contributed by atoms with E-state index in [1.54, 1.807) is 0 Å². The summed E-state index contributed by atoms with van der Waals surface area (Å²) in [5.74, 6) is 0.233. The Balaban J connectivity index is 2.20. The lowest BCUT2D eigenvalue weighted by molar-refractivity contribution is -0.113. The molecular formula is C11H12O2. The largest absolute Gasteiger partial charge is 0.395 e. The topological polar surface area (TPSA) is 37.3 Å². The second-order valence-electron chi connectivity index (χ2n) is 3.68. The second kappa shape index (κ2) is 2.96. The van der Waals surface area contributed by atoms with Gasteiger partial charge >= 0.3 is 0 Å². The van der Waals surface area contributed by atoms with Crippen molar-refractivity contribution in [2.45, 2.75) is 12.3 Å². The maximum absolute atomic E-state index is 10.7. The Bertz CT molecular complexity index is 307. The number of aldehydes is 1. The van der Waals surface area contributed by atoms with Gasteiger partial charge in [-0.25, -0.2) is 0 Å². The van der Waals surface area contributed by atoms with Crippen molar-refractivity contribution in [3.63, 3.8) is 0 Å². The quantitative estimate of drug-likeness (QED) is 0.706. The Morgan fingerprint density at radius 1 is 1.46 bits per heavy atom. The fourth-order valence-corrected chi connectivity index (χ4v) is 1.80. The molecule has 68 valence electrons. The third-order valence-corrected chi connectivity index (χ3v) is 2.85. The predicted molar refractivity (Wildman–Crippen MR) is 49.4 cm³/mol. The van der Waals surface area contributed by atoms with Gasteiger partial charge in [-0.05, 0) is 17.9 Å². The Morgan fingerprint density at radius 3 is 2.62 bits per heavy atom. The van der Waals surface area contributed by atoms with Crippen molar-refractivity contribution in [2.24, 2.45) is 5.41 Å². The summed E-state index contributed by atoms with van der Waals surface area (Å²) in [7, 11) is 0. The molecule has 1 saturated carbocycles. The van der Waals surface area contributed by atoms with E-state index >= 15 is 0 Å². The molecule has 0 radical (unpaired) electrons. The van der Waals surface area contributed by atoms with Crippen molar-refractivity contribution in [2.75, 3.05) is 6.61 Å². The van der Waals surface area contributed by atoms with Gasteiger partial charge < -0.3 is 9.90 Å². The number of hydrogen-bond acceptors (Lipinski definition) is 2. The molecule has 2 nitrogen and oxygen atoms in total. The van der Waals surface area contributed by atoms with Crippen LogP contribution >= 0.6 is 0 Å². The van der Waals surface area contributed by atoms with Crippen molar-refractivity contribution in [3.05, 3.63) is 35.9 Å². The van der Waals surface area contributed by atoms with Crippen LogP contribution in [-0.4, -0.2) is 18.0 Å². The monoisotopic (exact) mass is 176 g/mol. The fourth-order valence-electron chi connectivity index (χ4n) is 1.80. The van der Waals surface area contributed by atoms with E-state index in [-0.39, 0.29) is 12.5 Å². The number of aliphatic hydroxyl groups is 1. The second-order valence-corrected chi connectivity index (χ2v) is 3.68. The maximum atomic E-state index is 10.7. The highest BCUT2D eigenvalue weighted by Gasteiger charge is 2.54. The molecule has 2 heteroatoms. The Hall–Kier alpha value is -1.15. The minimum absolute atomic E-state index is 0.0317. The van der Waals surface area contributed by atoms with Crippen LogP contribution in [0.1, 0.15) is 17.9 Å². The summed E-state index contributed by atoms with van der Waals surface area (Å²) in [4.78, 5) is 10.7. The average molecular weight is 176 g/mol. The molecule has 1 aromatic rings. The van der Waals surface area contributed by atoms with Gasteiger partial charge in [0.15, 0.2) is 0 Å². The van der Waals surface area contributed by atoms with Crippen molar-refractivity contribution in [1.82, 2.24) is 0 Å². The van der Waals surface area contributed by atoms with E-state index in [1.807, 2.05) is 30.3 Å². The first kappa shape index (κ1) is 8.45. The summed E-state index contributed by atoms with van der Waals surface area (Å²) in [6.45, 7) is -0.0317. The molecule has 2 atom stereocenters. The summed E-state index contributed by atoms with van der Waals surface area (Å²) < 4.78 is 0. The van der Waals surface area contributed by atoms with Crippen LogP contribution in [0.3, 0.4) is 0 Å². The van der Waals surface area contributed by atoms with Crippen LogP contribution < -0.4 is 0 Å². The van der Waals surface area contributed by atoms with Crippen molar-refractivity contribution < 1.29 is 9.90 Å². The highest BCUT2D eigenvalue weighted by atomic mass is 16.3. The van der Waals surface area contributed by atoms with Crippen LogP contribution in [0.25, 0.3) is 0 Å². The number of carbonyl (C=O) groups is 1. The van der Waals surface area contributed by atoms with Crippen molar-refractivity contribution in [1.29, 1.82) is 0 Å². The lowest BCUT2D eigenvalue weighted by atomic mass is 10.0. The van der Waals surface area contributed by atoms with E-state index in [2.05, 4.69) is 0 Å². The Morgan fingerprint density at radius 2 is 2.15 bits per heavy atom. The molecule has 0 spiro atoms. The molecule has 1 aromatic carbocycles. The van der Waals surface area contributed by atoms with E-state index in [0.717, 1.165) is 18.3 Å². The SMILES string of the molecule is O=CC1(CO)CC1c1ccccc1. The van der Waals surface area contributed by atoms with Gasteiger partial charge in [0.2, 0.25) is 0 Å². The van der Waals surface area contributed by atoms with E-state index in [4.69, 9.17) is 5.11 Å². The first-order chi connectivity index (χ1) is 6.32. The van der Waals surface area contributed by atoms with Crippen LogP contribution in [0.5, 0.6) is 0 Å². The molecule has 0 bridgehead atoms. The van der Waals surface area contributed by atoms with Gasteiger partial charge in [0.05, 0.1) is 12.0 Å². The van der Waals surface area contributed by atoms with Gasteiger partial charge in [-0.15, -0.1) is 0 Å². The molecule has 2 unspecified atom stereocenters. The van der Waals surface area contributed by atoms with Crippen LogP contribution in [-0.2, 0) is 4.79 Å². The van der Waals surface area contributed by atoms with Gasteiger partial charge in [0.1, 0.15) is 6.29 Å². The minimum atomic E-state index is -0.471. The normalized spacial score (nSPS) is 31.3. The predicted octanol–water partition coefficient (Wildman–Crippen LogP) is 1.35. The average Bonchev–Trinajstić information content (AvgIpc) is 2.95. The number of benzene rings is 1. The highest BCUT2D eigenvalue weighted by molar-refractivity contribution is 5.68. The molecule has 0 heterocycles. The molecule has 1 aliphatic rings. The van der Waals surface area contributed by atoms with Crippen LogP contribution in [0.15, 0.2) is 30.3 Å². The minimum Gasteiger partial charge on any atom is -0.395 e. The van der Waals surface area contributed by atoms with Crippen LogP contribution in [0.4, 0.5) is 0 Å². The van der Waals surface area contributed by atoms with Crippen LogP contribution in [0.2, 0.25) is 0 Å². The van der Waals surface area contributed by atoms with E-state index in [9.17, 15) is 4.79 Å². The molecule has 1 N–H and O–H groups in total. The number of carbonyl (C=O) groups excluding carboxylic acids is 1. The lowest BCUT2D eigenvalue weighted by Crippen LogP contribution is -2.10. The standard InChI is InChI=1S/C11H12O2/c12-7-11(8-13)6-10(11)9-4-2-1-3-5-9/h1-5,7,10,13H,6,8H2. The maximum Gasteiger partial charge on any atom is 0.129 e. The smallest absolute Gasteiger partial charge is 0.129 e. The van der Waals surface area contributed by atoms with Gasteiger partial charge in [0, 0.05) is 0 Å². The molecule has 0 saturated heterocycles. The first-order valence-corrected chi connectivity index (χ1v) is 4.44. The molecule has 1 fully saturated rings. The summed E-state index contributed by atoms with van der Waals surface area (Å²) >= 11 is 0. The molecule has 13 heavy (non-hydrogen) atoms.